The highest BCUT2D eigenvalue weighted by Crippen LogP contribution is 2.07. The van der Waals surface area contributed by atoms with Crippen LogP contribution < -0.4 is 0 Å². The third-order valence-corrected chi connectivity index (χ3v) is 2.63. The number of allylic oxidation sites excluding steroid dienone is 2. The number of rotatable bonds is 6. The molecule has 0 spiro atoms. The van der Waals surface area contributed by atoms with Crippen LogP contribution in [0.5, 0.6) is 0 Å². The highest BCUT2D eigenvalue weighted by molar-refractivity contribution is 7.85. The highest BCUT2D eigenvalue weighted by atomic mass is 32.2. The first-order valence-electron chi connectivity index (χ1n) is 4.71. The van der Waals surface area contributed by atoms with Gasteiger partial charge in [-0.05, 0) is 26.7 Å². The molecule has 92 valence electrons. The summed E-state index contributed by atoms with van der Waals surface area (Å²) < 4.78 is 29.6. The van der Waals surface area contributed by atoms with E-state index >= 15 is 0 Å². The molecular weight excluding hydrogens is 232 g/mol. The van der Waals surface area contributed by atoms with Gasteiger partial charge in [0.25, 0.3) is 10.1 Å². The fraction of sp³-hybridized carbons (Fsp3) is 0.500. The van der Waals surface area contributed by atoms with Crippen LogP contribution in [0.2, 0.25) is 0 Å². The van der Waals surface area contributed by atoms with Gasteiger partial charge in [-0.3, -0.25) is 4.55 Å². The van der Waals surface area contributed by atoms with Gasteiger partial charge >= 0.3 is 5.97 Å². The van der Waals surface area contributed by atoms with Gasteiger partial charge in [-0.2, -0.15) is 8.42 Å². The summed E-state index contributed by atoms with van der Waals surface area (Å²) in [5.74, 6) is -1.37. The summed E-state index contributed by atoms with van der Waals surface area (Å²) in [6.45, 7) is 3.30. The van der Waals surface area contributed by atoms with Crippen molar-refractivity contribution in [1.29, 1.82) is 0 Å². The number of hydrogen-bond acceptors (Lipinski definition) is 3. The zero-order valence-electron chi connectivity index (χ0n) is 9.30. The van der Waals surface area contributed by atoms with Gasteiger partial charge in [0.1, 0.15) is 0 Å². The summed E-state index contributed by atoms with van der Waals surface area (Å²) in [5, 5.41) is 8.44. The van der Waals surface area contributed by atoms with Gasteiger partial charge in [0.2, 0.25) is 0 Å². The summed E-state index contributed by atoms with van der Waals surface area (Å²) in [4.78, 5) is 10.3. The Morgan fingerprint density at radius 3 is 2.25 bits per heavy atom. The van der Waals surface area contributed by atoms with Crippen LogP contribution in [0.25, 0.3) is 0 Å². The van der Waals surface area contributed by atoms with Crippen molar-refractivity contribution in [3.05, 3.63) is 23.3 Å². The lowest BCUT2D eigenvalue weighted by Crippen LogP contribution is -2.04. The molecule has 2 N–H and O–H groups in total. The lowest BCUT2D eigenvalue weighted by atomic mass is 10.1. The topological polar surface area (TPSA) is 91.7 Å². The first-order valence-corrected chi connectivity index (χ1v) is 6.32. The second-order valence-corrected chi connectivity index (χ2v) is 5.10. The van der Waals surface area contributed by atoms with E-state index in [-0.39, 0.29) is 5.75 Å². The summed E-state index contributed by atoms with van der Waals surface area (Å²) in [6.07, 6.45) is 3.89. The van der Waals surface area contributed by atoms with E-state index in [9.17, 15) is 13.2 Å². The predicted molar refractivity (Wildman–Crippen MR) is 60.8 cm³/mol. The highest BCUT2D eigenvalue weighted by Gasteiger charge is 2.04. The van der Waals surface area contributed by atoms with Crippen LogP contribution in [-0.4, -0.2) is 29.8 Å². The van der Waals surface area contributed by atoms with Gasteiger partial charge in [0.15, 0.2) is 0 Å². The molecule has 16 heavy (non-hydrogen) atoms. The molecule has 0 aromatic heterocycles. The third-order valence-electron chi connectivity index (χ3n) is 1.81. The SMILES string of the molecule is CC(=CCC/C(C)=C\C(=O)O)CS(=O)(=O)O. The lowest BCUT2D eigenvalue weighted by molar-refractivity contribution is -0.131. The van der Waals surface area contributed by atoms with Crippen LogP contribution in [0.4, 0.5) is 0 Å². The average Bonchev–Trinajstić information content (AvgIpc) is 1.98. The van der Waals surface area contributed by atoms with E-state index in [2.05, 4.69) is 0 Å². The molecule has 0 amide bonds. The Bertz CT molecular complexity index is 403. The summed E-state index contributed by atoms with van der Waals surface area (Å²) in [6, 6.07) is 0. The number of hydrogen-bond donors (Lipinski definition) is 2. The van der Waals surface area contributed by atoms with Crippen LogP contribution in [0.1, 0.15) is 26.7 Å². The van der Waals surface area contributed by atoms with Crippen molar-refractivity contribution in [2.24, 2.45) is 0 Å². The second kappa shape index (κ2) is 6.44. The molecule has 5 nitrogen and oxygen atoms in total. The monoisotopic (exact) mass is 248 g/mol. The molecule has 0 aliphatic heterocycles. The minimum atomic E-state index is -3.97. The van der Waals surface area contributed by atoms with E-state index < -0.39 is 16.1 Å². The van der Waals surface area contributed by atoms with Gasteiger partial charge in [0, 0.05) is 6.08 Å². The molecule has 0 saturated heterocycles. The molecule has 0 fully saturated rings. The Labute approximate surface area is 95.2 Å². The number of carbonyl (C=O) groups is 1. The van der Waals surface area contributed by atoms with Crippen LogP contribution in [0, 0.1) is 0 Å². The van der Waals surface area contributed by atoms with Crippen molar-refractivity contribution in [3.63, 3.8) is 0 Å². The molecule has 0 aromatic rings. The van der Waals surface area contributed by atoms with Crippen molar-refractivity contribution >= 4 is 16.1 Å². The minimum absolute atomic E-state index is 0.380. The van der Waals surface area contributed by atoms with Crippen molar-refractivity contribution in [3.8, 4) is 0 Å². The van der Waals surface area contributed by atoms with Crippen LogP contribution in [-0.2, 0) is 14.9 Å². The molecular formula is C10H16O5S. The smallest absolute Gasteiger partial charge is 0.328 e. The number of aliphatic carboxylic acids is 1. The number of carboxylic acids is 1. The van der Waals surface area contributed by atoms with Gasteiger partial charge < -0.3 is 5.11 Å². The largest absolute Gasteiger partial charge is 0.478 e. The Morgan fingerprint density at radius 2 is 1.81 bits per heavy atom. The van der Waals surface area contributed by atoms with E-state index in [1.54, 1.807) is 19.9 Å². The van der Waals surface area contributed by atoms with E-state index in [1.807, 2.05) is 0 Å². The van der Waals surface area contributed by atoms with Crippen molar-refractivity contribution in [1.82, 2.24) is 0 Å². The fourth-order valence-electron chi connectivity index (χ4n) is 1.18. The molecule has 0 atom stereocenters. The Kier molecular flexibility index (Phi) is 5.98. The molecule has 0 saturated carbocycles. The maximum Gasteiger partial charge on any atom is 0.328 e. The average molecular weight is 248 g/mol. The van der Waals surface area contributed by atoms with Gasteiger partial charge in [-0.1, -0.05) is 17.2 Å². The lowest BCUT2D eigenvalue weighted by Gasteiger charge is -1.99. The summed E-state index contributed by atoms with van der Waals surface area (Å²) in [7, 11) is -3.97. The maximum absolute atomic E-state index is 10.5. The first kappa shape index (κ1) is 14.9. The van der Waals surface area contributed by atoms with Gasteiger partial charge in [-0.25, -0.2) is 4.79 Å². The van der Waals surface area contributed by atoms with Crippen molar-refractivity contribution in [2.45, 2.75) is 26.7 Å². The first-order chi connectivity index (χ1) is 7.20. The molecule has 0 aliphatic rings. The predicted octanol–water partition coefficient (Wildman–Crippen LogP) is 1.63. The standard InChI is InChI=1S/C10H16O5S/c1-8(6-10(11)12)4-3-5-9(2)7-16(13,14)15/h5-6H,3-4,7H2,1-2H3,(H,11,12)(H,13,14,15)/b8-6-,9-5?. The normalized spacial score (nSPS) is 13.9. The van der Waals surface area contributed by atoms with Crippen LogP contribution >= 0.6 is 0 Å². The van der Waals surface area contributed by atoms with Crippen LogP contribution in [0.3, 0.4) is 0 Å². The number of carboxylic acid groups (broad SMARTS) is 1. The Morgan fingerprint density at radius 1 is 1.25 bits per heavy atom. The van der Waals surface area contributed by atoms with Crippen molar-refractivity contribution in [2.75, 3.05) is 5.75 Å². The second-order valence-electron chi connectivity index (χ2n) is 3.64. The molecule has 0 bridgehead atoms. The molecule has 0 aromatic carbocycles. The van der Waals surface area contributed by atoms with Gasteiger partial charge in [-0.15, -0.1) is 0 Å². The van der Waals surface area contributed by atoms with Crippen LogP contribution in [0.15, 0.2) is 23.3 Å². The molecule has 0 rings (SSSR count). The van der Waals surface area contributed by atoms with E-state index in [0.717, 1.165) is 6.08 Å². The van der Waals surface area contributed by atoms with E-state index in [0.29, 0.717) is 24.0 Å². The zero-order valence-corrected chi connectivity index (χ0v) is 10.1. The molecule has 0 aliphatic carbocycles. The fourth-order valence-corrected chi connectivity index (χ4v) is 1.87. The third kappa shape index (κ3) is 9.42. The zero-order chi connectivity index (χ0) is 12.8. The molecule has 0 unspecified atom stereocenters. The minimum Gasteiger partial charge on any atom is -0.478 e. The maximum atomic E-state index is 10.5. The summed E-state index contributed by atoms with van der Waals surface area (Å²) >= 11 is 0. The molecule has 0 heterocycles. The quantitative estimate of drug-likeness (QED) is 0.423. The Hall–Kier alpha value is -1.14. The van der Waals surface area contributed by atoms with Gasteiger partial charge in [0.05, 0.1) is 5.75 Å². The van der Waals surface area contributed by atoms with E-state index in [4.69, 9.17) is 9.66 Å². The van der Waals surface area contributed by atoms with E-state index in [1.165, 1.54) is 0 Å². The summed E-state index contributed by atoms with van der Waals surface area (Å²) in [5.41, 5.74) is 1.26. The molecule has 0 radical (unpaired) electrons. The Balaban J connectivity index is 4.16. The molecule has 6 heteroatoms. The van der Waals surface area contributed by atoms with Crippen molar-refractivity contribution < 1.29 is 22.9 Å².